The number of hydrogen-bond donors (Lipinski definition) is 3. The number of alkyl halides is 3. The van der Waals surface area contributed by atoms with Crippen LogP contribution in [0.4, 0.5) is 30.8 Å². The summed E-state index contributed by atoms with van der Waals surface area (Å²) in [6.07, 6.45) is 0. The maximum absolute atomic E-state index is 15.3. The Bertz CT molecular complexity index is 1400. The van der Waals surface area contributed by atoms with Crippen LogP contribution in [0.5, 0.6) is 0 Å². The minimum absolute atomic E-state index is 0.00284. The average molecular weight is 525 g/mol. The van der Waals surface area contributed by atoms with Crippen LogP contribution in [-0.2, 0) is 15.6 Å². The lowest BCUT2D eigenvalue weighted by atomic mass is 9.92. The fourth-order valence-electron chi connectivity index (χ4n) is 3.79. The third kappa shape index (κ3) is 4.75. The minimum atomic E-state index is -3.42. The first-order valence-corrected chi connectivity index (χ1v) is 12.5. The van der Waals surface area contributed by atoms with Crippen LogP contribution in [0, 0.1) is 0 Å². The number of benzene rings is 2. The summed E-state index contributed by atoms with van der Waals surface area (Å²) in [6.45, 7) is 6.10. The van der Waals surface area contributed by atoms with Crippen LogP contribution in [0.25, 0.3) is 11.1 Å². The van der Waals surface area contributed by atoms with E-state index in [1.165, 1.54) is 54.6 Å². The standard InChI is InChI=1S/C23H24ClF3N6OS/c1-13(2)23(26,27)17-9-15(29-21-30-20(28)31-32-21)10-18(24)19(17)14-5-7-16(8-6-14)35(4,34)33-11-22(3,25)12-33/h5-10H,1,4,11-12H2,2-3H3,(H4,28,29,30,31,32). The summed E-state index contributed by atoms with van der Waals surface area (Å²) in [4.78, 5) is 4.26. The van der Waals surface area contributed by atoms with Gasteiger partial charge in [-0.3, -0.25) is 0 Å². The van der Waals surface area contributed by atoms with E-state index in [0.29, 0.717) is 10.5 Å². The van der Waals surface area contributed by atoms with Gasteiger partial charge in [0.1, 0.15) is 5.67 Å². The van der Waals surface area contributed by atoms with Crippen molar-refractivity contribution in [1.82, 2.24) is 19.5 Å². The molecule has 0 bridgehead atoms. The number of nitrogens with one attached hydrogen (secondary N) is 2. The Labute approximate surface area is 206 Å². The quantitative estimate of drug-likeness (QED) is 0.293. The monoisotopic (exact) mass is 524 g/mol. The number of hydrogen-bond acceptors (Lipinski definition) is 5. The molecule has 7 nitrogen and oxygen atoms in total. The number of aromatic amines is 1. The fourth-order valence-corrected chi connectivity index (χ4v) is 5.93. The van der Waals surface area contributed by atoms with Crippen LogP contribution in [-0.4, -0.2) is 48.3 Å². The predicted octanol–water partition coefficient (Wildman–Crippen LogP) is 5.15. The van der Waals surface area contributed by atoms with Gasteiger partial charge in [0.15, 0.2) is 0 Å². The maximum atomic E-state index is 15.3. The minimum Gasteiger partial charge on any atom is -0.368 e. The van der Waals surface area contributed by atoms with Crippen molar-refractivity contribution in [2.75, 3.05) is 24.1 Å². The van der Waals surface area contributed by atoms with Crippen molar-refractivity contribution in [3.05, 3.63) is 59.1 Å². The highest BCUT2D eigenvalue weighted by molar-refractivity contribution is 7.98. The summed E-state index contributed by atoms with van der Waals surface area (Å²) in [7, 11) is -2.91. The molecular formula is C23H24ClF3N6OS. The number of allylic oxidation sites excluding steroid dienone is 1. The van der Waals surface area contributed by atoms with E-state index >= 15 is 8.78 Å². The summed E-state index contributed by atoms with van der Waals surface area (Å²) in [6, 6.07) is 8.83. The highest BCUT2D eigenvalue weighted by Gasteiger charge is 2.43. The van der Waals surface area contributed by atoms with Gasteiger partial charge >= 0.3 is 0 Å². The summed E-state index contributed by atoms with van der Waals surface area (Å²) in [5.41, 5.74) is 4.02. The molecule has 186 valence electrons. The van der Waals surface area contributed by atoms with Gasteiger partial charge in [-0.1, -0.05) is 30.3 Å². The molecule has 12 heteroatoms. The number of H-pyrrole nitrogens is 1. The third-order valence-electron chi connectivity index (χ3n) is 5.66. The van der Waals surface area contributed by atoms with E-state index in [4.69, 9.17) is 17.3 Å². The Kier molecular flexibility index (Phi) is 6.15. The molecule has 1 saturated heterocycles. The molecule has 1 aromatic heterocycles. The third-order valence-corrected chi connectivity index (χ3v) is 8.06. The number of nitrogens with two attached hydrogens (primary N) is 1. The smallest absolute Gasteiger partial charge is 0.294 e. The van der Waals surface area contributed by atoms with Crippen molar-refractivity contribution in [1.29, 1.82) is 0 Å². The Balaban J connectivity index is 1.75. The predicted molar refractivity (Wildman–Crippen MR) is 134 cm³/mol. The van der Waals surface area contributed by atoms with Gasteiger partial charge in [0.2, 0.25) is 11.9 Å². The van der Waals surface area contributed by atoms with Gasteiger partial charge in [-0.15, -0.1) is 5.10 Å². The van der Waals surface area contributed by atoms with Crippen molar-refractivity contribution in [3.8, 4) is 11.1 Å². The van der Waals surface area contributed by atoms with Gasteiger partial charge in [0.25, 0.3) is 5.92 Å². The number of nitrogen functional groups attached to an aromatic ring is 1. The number of anilines is 3. The first kappa shape index (κ1) is 25.1. The van der Waals surface area contributed by atoms with Crippen LogP contribution < -0.4 is 11.1 Å². The van der Waals surface area contributed by atoms with Gasteiger partial charge in [-0.25, -0.2) is 18.0 Å². The van der Waals surface area contributed by atoms with Crippen molar-refractivity contribution in [3.63, 3.8) is 0 Å². The number of aromatic nitrogens is 3. The molecule has 1 unspecified atom stereocenters. The van der Waals surface area contributed by atoms with Crippen LogP contribution in [0.15, 0.2) is 53.4 Å². The molecule has 0 amide bonds. The molecule has 0 spiro atoms. The molecule has 1 aliphatic rings. The number of rotatable bonds is 7. The molecule has 0 aliphatic carbocycles. The van der Waals surface area contributed by atoms with Gasteiger partial charge in [0.05, 0.1) is 14.7 Å². The van der Waals surface area contributed by atoms with E-state index in [2.05, 4.69) is 32.9 Å². The maximum Gasteiger partial charge on any atom is 0.294 e. The van der Waals surface area contributed by atoms with Gasteiger partial charge in [-0.05, 0) is 55.1 Å². The molecule has 1 fully saturated rings. The van der Waals surface area contributed by atoms with Crippen molar-refractivity contribution < 1.29 is 17.4 Å². The lowest BCUT2D eigenvalue weighted by molar-refractivity contribution is 0.0392. The summed E-state index contributed by atoms with van der Waals surface area (Å²) in [5.74, 6) is 0.497. The first-order chi connectivity index (χ1) is 16.2. The van der Waals surface area contributed by atoms with Crippen LogP contribution in [0.2, 0.25) is 5.02 Å². The molecule has 4 rings (SSSR count). The topological polar surface area (TPSA) is 99.9 Å². The Morgan fingerprint density at radius 1 is 1.31 bits per heavy atom. The molecule has 1 atom stereocenters. The molecule has 2 heterocycles. The van der Waals surface area contributed by atoms with E-state index in [-0.39, 0.29) is 52.4 Å². The normalized spacial score (nSPS) is 17.4. The van der Waals surface area contributed by atoms with Gasteiger partial charge in [0, 0.05) is 34.8 Å². The van der Waals surface area contributed by atoms with Crippen molar-refractivity contribution >= 4 is 44.8 Å². The summed E-state index contributed by atoms with van der Waals surface area (Å²) < 4.78 is 59.1. The Morgan fingerprint density at radius 2 is 1.94 bits per heavy atom. The zero-order valence-corrected chi connectivity index (χ0v) is 20.6. The summed E-state index contributed by atoms with van der Waals surface area (Å²) in [5, 5.41) is 9.11. The fraction of sp³-hybridized carbons (Fsp3) is 0.261. The number of nitrogens with zero attached hydrogens (tertiary/aromatic N) is 3. The van der Waals surface area contributed by atoms with E-state index < -0.39 is 21.3 Å². The van der Waals surface area contributed by atoms with Crippen LogP contribution in [0.1, 0.15) is 19.4 Å². The first-order valence-electron chi connectivity index (χ1n) is 10.5. The van der Waals surface area contributed by atoms with Crippen LogP contribution >= 0.6 is 11.6 Å². The molecule has 0 saturated carbocycles. The molecule has 35 heavy (non-hydrogen) atoms. The van der Waals surface area contributed by atoms with Gasteiger partial charge < -0.3 is 11.1 Å². The zero-order chi connectivity index (χ0) is 25.8. The van der Waals surface area contributed by atoms with Crippen LogP contribution in [0.3, 0.4) is 0 Å². The molecule has 3 aromatic rings. The molecule has 2 aromatic carbocycles. The lowest BCUT2D eigenvalue weighted by Crippen LogP contribution is -2.58. The zero-order valence-electron chi connectivity index (χ0n) is 19.0. The van der Waals surface area contributed by atoms with Crippen molar-refractivity contribution in [2.45, 2.75) is 30.3 Å². The second-order valence-electron chi connectivity index (χ2n) is 8.78. The van der Waals surface area contributed by atoms with Gasteiger partial charge in [-0.2, -0.15) is 13.8 Å². The Morgan fingerprint density at radius 3 is 2.46 bits per heavy atom. The van der Waals surface area contributed by atoms with E-state index in [1.807, 2.05) is 0 Å². The number of halogens is 4. The molecular weight excluding hydrogens is 501 g/mol. The van der Waals surface area contributed by atoms with E-state index in [9.17, 15) is 8.60 Å². The largest absolute Gasteiger partial charge is 0.368 e. The highest BCUT2D eigenvalue weighted by atomic mass is 35.5. The molecule has 1 aliphatic heterocycles. The lowest BCUT2D eigenvalue weighted by Gasteiger charge is -2.43. The second-order valence-corrected chi connectivity index (χ2v) is 11.5. The second kappa shape index (κ2) is 8.58. The molecule has 4 N–H and O–H groups in total. The SMILES string of the molecule is C=C(C)C(F)(F)c1cc(Nc2n[nH]c(N)n2)cc(Cl)c1-c1ccc(S(=C)(=O)N2CC(C)(F)C2)cc1. The van der Waals surface area contributed by atoms with E-state index in [0.717, 1.165) is 0 Å². The molecule has 0 radical (unpaired) electrons. The Hall–Kier alpha value is -3.02. The summed E-state index contributed by atoms with van der Waals surface area (Å²) >= 11 is 6.50. The van der Waals surface area contributed by atoms with E-state index in [1.54, 1.807) is 0 Å². The average Bonchev–Trinajstić information content (AvgIpc) is 3.16. The highest BCUT2D eigenvalue weighted by Crippen LogP contribution is 2.45. The van der Waals surface area contributed by atoms with Crippen molar-refractivity contribution in [2.24, 2.45) is 0 Å².